The van der Waals surface area contributed by atoms with Crippen LogP contribution >= 0.6 is 0 Å². The van der Waals surface area contributed by atoms with Crippen LogP contribution < -0.4 is 16.8 Å². The monoisotopic (exact) mass is 259 g/mol. The zero-order valence-corrected chi connectivity index (χ0v) is 10.8. The highest BCUT2D eigenvalue weighted by Crippen LogP contribution is 2.18. The van der Waals surface area contributed by atoms with E-state index in [4.69, 9.17) is 11.5 Å². The van der Waals surface area contributed by atoms with Crippen molar-refractivity contribution in [2.24, 2.45) is 5.73 Å². The summed E-state index contributed by atoms with van der Waals surface area (Å²) in [6, 6.07) is 5.05. The minimum atomic E-state index is -0.496. The van der Waals surface area contributed by atoms with Crippen LogP contribution in [0.1, 0.15) is 15.9 Å². The lowest BCUT2D eigenvalue weighted by Crippen LogP contribution is -2.17. The Morgan fingerprint density at radius 3 is 2.89 bits per heavy atom. The summed E-state index contributed by atoms with van der Waals surface area (Å²) in [6.45, 7) is 3.34. The highest BCUT2D eigenvalue weighted by atomic mass is 16.1. The Morgan fingerprint density at radius 2 is 2.26 bits per heavy atom. The van der Waals surface area contributed by atoms with Gasteiger partial charge in [-0.05, 0) is 30.7 Å². The highest BCUT2D eigenvalue weighted by Gasteiger charge is 2.08. The minimum Gasteiger partial charge on any atom is -0.399 e. The Hall–Kier alpha value is -2.50. The average molecular weight is 259 g/mol. The number of rotatable bonds is 5. The van der Waals surface area contributed by atoms with Gasteiger partial charge in [-0.1, -0.05) is 0 Å². The Kier molecular flexibility index (Phi) is 3.70. The summed E-state index contributed by atoms with van der Waals surface area (Å²) in [6.07, 6.45) is 3.76. The molecule has 0 saturated heterocycles. The van der Waals surface area contributed by atoms with Crippen LogP contribution in [-0.2, 0) is 6.54 Å². The zero-order valence-electron chi connectivity index (χ0n) is 10.8. The second-order valence-corrected chi connectivity index (χ2v) is 4.38. The maximum atomic E-state index is 11.3. The Bertz CT molecular complexity index is 590. The van der Waals surface area contributed by atoms with Crippen LogP contribution in [-0.4, -0.2) is 22.2 Å². The van der Waals surface area contributed by atoms with E-state index in [1.807, 2.05) is 17.8 Å². The number of primary amides is 1. The molecule has 0 aliphatic heterocycles. The summed E-state index contributed by atoms with van der Waals surface area (Å²) in [5, 5.41) is 7.35. The van der Waals surface area contributed by atoms with Crippen LogP contribution in [0.25, 0.3) is 0 Å². The lowest BCUT2D eigenvalue weighted by atomic mass is 10.1. The van der Waals surface area contributed by atoms with Gasteiger partial charge in [0.1, 0.15) is 0 Å². The molecule has 1 amide bonds. The lowest BCUT2D eigenvalue weighted by molar-refractivity contribution is 0.100. The van der Waals surface area contributed by atoms with Crippen molar-refractivity contribution in [2.75, 3.05) is 17.6 Å². The summed E-state index contributed by atoms with van der Waals surface area (Å²) in [4.78, 5) is 11.3. The molecule has 2 aromatic rings. The molecule has 6 heteroatoms. The number of carbonyl (C=O) groups excluding carboxylic acids is 1. The van der Waals surface area contributed by atoms with Crippen molar-refractivity contribution < 1.29 is 4.79 Å². The lowest BCUT2D eigenvalue weighted by Gasteiger charge is -2.10. The van der Waals surface area contributed by atoms with Crippen molar-refractivity contribution in [3.05, 3.63) is 41.7 Å². The third-order valence-electron chi connectivity index (χ3n) is 2.73. The molecule has 0 aliphatic rings. The molecular weight excluding hydrogens is 242 g/mol. The fourth-order valence-corrected chi connectivity index (χ4v) is 1.81. The van der Waals surface area contributed by atoms with E-state index in [-0.39, 0.29) is 0 Å². The van der Waals surface area contributed by atoms with E-state index in [9.17, 15) is 4.79 Å². The molecule has 0 saturated carbocycles. The topological polar surface area (TPSA) is 99.0 Å². The number of nitrogens with one attached hydrogen (secondary N) is 1. The molecule has 0 radical (unpaired) electrons. The van der Waals surface area contributed by atoms with Crippen LogP contribution in [0.15, 0.2) is 30.6 Å². The number of anilines is 2. The van der Waals surface area contributed by atoms with Gasteiger partial charge in [0.2, 0.25) is 0 Å². The van der Waals surface area contributed by atoms with E-state index in [0.717, 1.165) is 5.56 Å². The van der Waals surface area contributed by atoms with Gasteiger partial charge in [0.05, 0.1) is 18.3 Å². The van der Waals surface area contributed by atoms with Gasteiger partial charge in [-0.3, -0.25) is 9.48 Å². The molecule has 100 valence electrons. The smallest absolute Gasteiger partial charge is 0.250 e. The molecule has 0 bridgehead atoms. The molecule has 5 N–H and O–H groups in total. The van der Waals surface area contributed by atoms with E-state index in [1.54, 1.807) is 24.4 Å². The first-order valence-corrected chi connectivity index (χ1v) is 5.98. The van der Waals surface area contributed by atoms with Crippen molar-refractivity contribution in [1.29, 1.82) is 0 Å². The molecule has 0 spiro atoms. The second kappa shape index (κ2) is 5.43. The number of nitrogen functional groups attached to an aromatic ring is 1. The van der Waals surface area contributed by atoms with Crippen molar-refractivity contribution >= 4 is 17.3 Å². The first-order chi connectivity index (χ1) is 9.06. The van der Waals surface area contributed by atoms with E-state index in [1.165, 1.54) is 0 Å². The fourth-order valence-electron chi connectivity index (χ4n) is 1.81. The summed E-state index contributed by atoms with van der Waals surface area (Å²) in [5.74, 6) is -0.496. The first-order valence-electron chi connectivity index (χ1n) is 5.98. The number of aryl methyl sites for hydroxylation is 1. The molecule has 0 unspecified atom stereocenters. The van der Waals surface area contributed by atoms with E-state index < -0.39 is 5.91 Å². The van der Waals surface area contributed by atoms with Crippen molar-refractivity contribution in [3.63, 3.8) is 0 Å². The maximum absolute atomic E-state index is 11.3. The number of nitrogens with zero attached hydrogens (tertiary/aromatic N) is 2. The van der Waals surface area contributed by atoms with Crippen LogP contribution in [0.3, 0.4) is 0 Å². The third-order valence-corrected chi connectivity index (χ3v) is 2.73. The zero-order chi connectivity index (χ0) is 13.8. The van der Waals surface area contributed by atoms with Gasteiger partial charge in [-0.25, -0.2) is 0 Å². The quantitative estimate of drug-likeness (QED) is 0.697. The average Bonchev–Trinajstić information content (AvgIpc) is 2.77. The number of nitrogens with two attached hydrogens (primary N) is 2. The molecule has 1 aromatic heterocycles. The standard InChI is InChI=1S/C13H17N5O/c1-9-7-17-18(8-9)5-4-16-12-3-2-10(14)6-11(12)13(15)19/h2-3,6-8,16H,4-5,14H2,1H3,(H2,15,19). The number of hydrogen-bond donors (Lipinski definition) is 3. The van der Waals surface area contributed by atoms with Gasteiger partial charge in [-0.2, -0.15) is 5.10 Å². The van der Waals surface area contributed by atoms with E-state index >= 15 is 0 Å². The molecule has 0 atom stereocenters. The van der Waals surface area contributed by atoms with E-state index in [2.05, 4.69) is 10.4 Å². The molecule has 19 heavy (non-hydrogen) atoms. The van der Waals surface area contributed by atoms with Gasteiger partial charge in [-0.15, -0.1) is 0 Å². The van der Waals surface area contributed by atoms with Crippen molar-refractivity contribution in [1.82, 2.24) is 9.78 Å². The predicted molar refractivity (Wildman–Crippen MR) is 74.8 cm³/mol. The number of benzene rings is 1. The largest absolute Gasteiger partial charge is 0.399 e. The van der Waals surface area contributed by atoms with Crippen LogP contribution in [0.5, 0.6) is 0 Å². The van der Waals surface area contributed by atoms with Crippen molar-refractivity contribution in [2.45, 2.75) is 13.5 Å². The minimum absolute atomic E-state index is 0.400. The van der Waals surface area contributed by atoms with Crippen molar-refractivity contribution in [3.8, 4) is 0 Å². The molecule has 1 heterocycles. The highest BCUT2D eigenvalue weighted by molar-refractivity contribution is 5.99. The summed E-state index contributed by atoms with van der Waals surface area (Å²) in [7, 11) is 0. The summed E-state index contributed by atoms with van der Waals surface area (Å²) >= 11 is 0. The fraction of sp³-hybridized carbons (Fsp3) is 0.231. The predicted octanol–water partition coefficient (Wildman–Crippen LogP) is 0.985. The SMILES string of the molecule is Cc1cnn(CCNc2ccc(N)cc2C(N)=O)c1. The molecular formula is C13H17N5O. The number of aromatic nitrogens is 2. The Balaban J connectivity index is 2.01. The van der Waals surface area contributed by atoms with Gasteiger partial charge in [0.15, 0.2) is 0 Å². The third kappa shape index (κ3) is 3.25. The first kappa shape index (κ1) is 12.9. The second-order valence-electron chi connectivity index (χ2n) is 4.38. The maximum Gasteiger partial charge on any atom is 0.250 e. The molecule has 0 aliphatic carbocycles. The van der Waals surface area contributed by atoms with Gasteiger partial charge in [0.25, 0.3) is 5.91 Å². The normalized spacial score (nSPS) is 10.4. The molecule has 1 aromatic carbocycles. The van der Waals surface area contributed by atoms with Gasteiger partial charge >= 0.3 is 0 Å². The van der Waals surface area contributed by atoms with Gasteiger partial charge < -0.3 is 16.8 Å². The van der Waals surface area contributed by atoms with Crippen LogP contribution in [0.2, 0.25) is 0 Å². The number of amides is 1. The molecule has 6 nitrogen and oxygen atoms in total. The molecule has 0 fully saturated rings. The number of hydrogen-bond acceptors (Lipinski definition) is 4. The molecule has 2 rings (SSSR count). The Labute approximate surface area is 111 Å². The summed E-state index contributed by atoms with van der Waals surface area (Å²) in [5.41, 5.74) is 13.7. The number of carbonyl (C=O) groups is 1. The Morgan fingerprint density at radius 1 is 1.47 bits per heavy atom. The van der Waals surface area contributed by atoms with Crippen LogP contribution in [0, 0.1) is 6.92 Å². The van der Waals surface area contributed by atoms with E-state index in [0.29, 0.717) is 30.0 Å². The summed E-state index contributed by atoms with van der Waals surface area (Å²) < 4.78 is 1.84. The van der Waals surface area contributed by atoms with Crippen LogP contribution in [0.4, 0.5) is 11.4 Å². The van der Waals surface area contributed by atoms with Gasteiger partial charge in [0, 0.05) is 24.1 Å².